The van der Waals surface area contributed by atoms with Crippen molar-refractivity contribution in [3.05, 3.63) is 23.9 Å². The largest absolute Gasteiger partial charge is 0.389 e. The van der Waals surface area contributed by atoms with E-state index in [-0.39, 0.29) is 0 Å². The van der Waals surface area contributed by atoms with Gasteiger partial charge in [0.2, 0.25) is 0 Å². The maximum atomic E-state index is 5.57. The summed E-state index contributed by atoms with van der Waals surface area (Å²) in [6.07, 6.45) is 4.49. The molecule has 4 heteroatoms. The fourth-order valence-corrected chi connectivity index (χ4v) is 1.90. The Kier molecular flexibility index (Phi) is 3.39. The molecule has 1 saturated carbocycles. The maximum absolute atomic E-state index is 5.57. The van der Waals surface area contributed by atoms with Crippen LogP contribution in [0.25, 0.3) is 0 Å². The van der Waals surface area contributed by atoms with E-state index in [4.69, 9.17) is 18.0 Å². The molecule has 1 unspecified atom stereocenters. The van der Waals surface area contributed by atoms with E-state index >= 15 is 0 Å². The van der Waals surface area contributed by atoms with Gasteiger partial charge in [-0.15, -0.1) is 0 Å². The second-order valence-electron chi connectivity index (χ2n) is 4.49. The molecule has 1 atom stereocenters. The second-order valence-corrected chi connectivity index (χ2v) is 4.93. The third kappa shape index (κ3) is 2.92. The molecule has 1 aromatic rings. The number of aromatic nitrogens is 1. The Morgan fingerprint density at radius 2 is 2.44 bits per heavy atom. The third-order valence-electron chi connectivity index (χ3n) is 3.08. The quantitative estimate of drug-likeness (QED) is 0.768. The first-order valence-corrected chi connectivity index (χ1v) is 6.07. The molecule has 3 N–H and O–H groups in total. The zero-order valence-electron chi connectivity index (χ0n) is 9.44. The first-order valence-electron chi connectivity index (χ1n) is 5.66. The van der Waals surface area contributed by atoms with Gasteiger partial charge in [-0.3, -0.25) is 0 Å². The fraction of sp³-hybridized carbons (Fsp3) is 0.500. The van der Waals surface area contributed by atoms with Crippen molar-refractivity contribution in [2.24, 2.45) is 17.6 Å². The summed E-state index contributed by atoms with van der Waals surface area (Å²) >= 11 is 4.93. The lowest BCUT2D eigenvalue weighted by Gasteiger charge is -2.12. The van der Waals surface area contributed by atoms with Gasteiger partial charge in [0.25, 0.3) is 0 Å². The van der Waals surface area contributed by atoms with Gasteiger partial charge >= 0.3 is 0 Å². The molecule has 0 radical (unpaired) electrons. The molecule has 3 nitrogen and oxygen atoms in total. The lowest BCUT2D eigenvalue weighted by Crippen LogP contribution is -2.15. The molecule has 1 heterocycles. The van der Waals surface area contributed by atoms with Crippen LogP contribution in [0.3, 0.4) is 0 Å². The molecule has 0 aromatic carbocycles. The first kappa shape index (κ1) is 11.3. The Bertz CT molecular complexity index is 388. The van der Waals surface area contributed by atoms with Crippen molar-refractivity contribution in [1.29, 1.82) is 0 Å². The van der Waals surface area contributed by atoms with Crippen LogP contribution in [-0.4, -0.2) is 16.5 Å². The van der Waals surface area contributed by atoms with Gasteiger partial charge < -0.3 is 11.1 Å². The van der Waals surface area contributed by atoms with Crippen LogP contribution < -0.4 is 11.1 Å². The number of nitrogens with one attached hydrogen (secondary N) is 1. The van der Waals surface area contributed by atoms with Crippen LogP contribution in [0.1, 0.15) is 25.3 Å². The SMILES string of the molecule is CC(CNc1cc(C(N)=S)ccn1)C1CC1. The Balaban J connectivity index is 1.92. The number of hydrogen-bond donors (Lipinski definition) is 2. The van der Waals surface area contributed by atoms with Crippen molar-refractivity contribution in [3.63, 3.8) is 0 Å². The smallest absolute Gasteiger partial charge is 0.126 e. The van der Waals surface area contributed by atoms with Gasteiger partial charge in [0.1, 0.15) is 10.8 Å². The number of nitrogens with zero attached hydrogens (tertiary/aromatic N) is 1. The highest BCUT2D eigenvalue weighted by molar-refractivity contribution is 7.80. The molecular formula is C12H17N3S. The normalized spacial score (nSPS) is 16.8. The zero-order chi connectivity index (χ0) is 11.5. The Morgan fingerprint density at radius 3 is 3.06 bits per heavy atom. The summed E-state index contributed by atoms with van der Waals surface area (Å²) in [4.78, 5) is 4.66. The first-order chi connectivity index (χ1) is 7.66. The van der Waals surface area contributed by atoms with E-state index in [1.165, 1.54) is 12.8 Å². The van der Waals surface area contributed by atoms with Crippen molar-refractivity contribution < 1.29 is 0 Å². The summed E-state index contributed by atoms with van der Waals surface area (Å²) in [6, 6.07) is 3.74. The topological polar surface area (TPSA) is 50.9 Å². The van der Waals surface area contributed by atoms with E-state index in [0.717, 1.165) is 29.8 Å². The van der Waals surface area contributed by atoms with Crippen LogP contribution in [0.15, 0.2) is 18.3 Å². The molecule has 1 aliphatic rings. The highest BCUT2D eigenvalue weighted by Crippen LogP contribution is 2.36. The Hall–Kier alpha value is -1.16. The maximum Gasteiger partial charge on any atom is 0.126 e. The number of pyridine rings is 1. The number of thiocarbonyl (C=S) groups is 1. The summed E-state index contributed by atoms with van der Waals surface area (Å²) < 4.78 is 0. The van der Waals surface area contributed by atoms with Crippen LogP contribution in [0.5, 0.6) is 0 Å². The lowest BCUT2D eigenvalue weighted by molar-refractivity contribution is 0.536. The molecule has 0 bridgehead atoms. The zero-order valence-corrected chi connectivity index (χ0v) is 10.3. The van der Waals surface area contributed by atoms with Gasteiger partial charge in [0.15, 0.2) is 0 Å². The predicted molar refractivity (Wildman–Crippen MR) is 70.5 cm³/mol. The molecule has 0 amide bonds. The highest BCUT2D eigenvalue weighted by atomic mass is 32.1. The van der Waals surface area contributed by atoms with Crippen molar-refractivity contribution in [2.45, 2.75) is 19.8 Å². The molecule has 1 aromatic heterocycles. The van der Waals surface area contributed by atoms with Gasteiger partial charge in [-0.2, -0.15) is 0 Å². The third-order valence-corrected chi connectivity index (χ3v) is 3.31. The summed E-state index contributed by atoms with van der Waals surface area (Å²) in [5.41, 5.74) is 6.44. The lowest BCUT2D eigenvalue weighted by atomic mass is 10.1. The van der Waals surface area contributed by atoms with Gasteiger partial charge in [0.05, 0.1) is 0 Å². The van der Waals surface area contributed by atoms with Crippen LogP contribution in [0.2, 0.25) is 0 Å². The highest BCUT2D eigenvalue weighted by Gasteiger charge is 2.27. The van der Waals surface area contributed by atoms with Crippen LogP contribution in [-0.2, 0) is 0 Å². The molecule has 0 spiro atoms. The van der Waals surface area contributed by atoms with Gasteiger partial charge in [0, 0.05) is 18.3 Å². The average Bonchev–Trinajstić information content (AvgIpc) is 3.10. The van der Waals surface area contributed by atoms with Crippen LogP contribution in [0.4, 0.5) is 5.82 Å². The number of anilines is 1. The van der Waals surface area contributed by atoms with Crippen LogP contribution in [0, 0.1) is 11.8 Å². The van der Waals surface area contributed by atoms with Crippen molar-refractivity contribution in [1.82, 2.24) is 4.98 Å². The standard InChI is InChI=1S/C12H17N3S/c1-8(9-2-3-9)7-15-11-6-10(12(13)16)4-5-14-11/h4-6,8-9H,2-3,7H2,1H3,(H2,13,16)(H,14,15). The van der Waals surface area contributed by atoms with Crippen LogP contribution >= 0.6 is 12.2 Å². The molecule has 2 rings (SSSR count). The van der Waals surface area contributed by atoms with E-state index in [1.807, 2.05) is 12.1 Å². The Morgan fingerprint density at radius 1 is 1.69 bits per heavy atom. The monoisotopic (exact) mass is 235 g/mol. The molecule has 1 fully saturated rings. The Labute approximate surface area is 101 Å². The van der Waals surface area contributed by atoms with Gasteiger partial charge in [-0.1, -0.05) is 19.1 Å². The average molecular weight is 235 g/mol. The van der Waals surface area contributed by atoms with E-state index in [2.05, 4.69) is 17.2 Å². The van der Waals surface area contributed by atoms with E-state index in [9.17, 15) is 0 Å². The van der Waals surface area contributed by atoms with Crippen molar-refractivity contribution in [2.75, 3.05) is 11.9 Å². The molecule has 86 valence electrons. The molecule has 1 aliphatic carbocycles. The minimum Gasteiger partial charge on any atom is -0.389 e. The predicted octanol–water partition coefficient (Wildman–Crippen LogP) is 2.17. The fourth-order valence-electron chi connectivity index (χ4n) is 1.78. The van der Waals surface area contributed by atoms with E-state index < -0.39 is 0 Å². The molecule has 0 saturated heterocycles. The van der Waals surface area contributed by atoms with Gasteiger partial charge in [-0.25, -0.2) is 4.98 Å². The number of rotatable bonds is 5. The summed E-state index contributed by atoms with van der Waals surface area (Å²) in [5, 5.41) is 3.33. The van der Waals surface area contributed by atoms with E-state index in [1.54, 1.807) is 6.20 Å². The number of nitrogens with two attached hydrogens (primary N) is 1. The summed E-state index contributed by atoms with van der Waals surface area (Å²) in [6.45, 7) is 3.25. The summed E-state index contributed by atoms with van der Waals surface area (Å²) in [5.74, 6) is 2.49. The van der Waals surface area contributed by atoms with Crippen molar-refractivity contribution in [3.8, 4) is 0 Å². The van der Waals surface area contributed by atoms with E-state index in [0.29, 0.717) is 4.99 Å². The summed E-state index contributed by atoms with van der Waals surface area (Å²) in [7, 11) is 0. The molecule has 0 aliphatic heterocycles. The minimum absolute atomic E-state index is 0.417. The second kappa shape index (κ2) is 4.78. The van der Waals surface area contributed by atoms with Crippen molar-refractivity contribution >= 4 is 23.0 Å². The van der Waals surface area contributed by atoms with Gasteiger partial charge in [-0.05, 0) is 36.8 Å². The number of hydrogen-bond acceptors (Lipinski definition) is 3. The minimum atomic E-state index is 0.417. The molecule has 16 heavy (non-hydrogen) atoms. The molecular weight excluding hydrogens is 218 g/mol.